The van der Waals surface area contributed by atoms with E-state index in [9.17, 15) is 4.79 Å². The van der Waals surface area contributed by atoms with Gasteiger partial charge in [-0.2, -0.15) is 0 Å². The quantitative estimate of drug-likeness (QED) is 0.729. The molecular weight excluding hydrogens is 309 g/mol. The summed E-state index contributed by atoms with van der Waals surface area (Å²) < 4.78 is 0. The van der Waals surface area contributed by atoms with Crippen molar-refractivity contribution >= 4 is 34.9 Å². The van der Waals surface area contributed by atoms with Crippen LogP contribution in [0.3, 0.4) is 0 Å². The fourth-order valence-electron chi connectivity index (χ4n) is 2.40. The second-order valence-corrected chi connectivity index (χ2v) is 6.00. The molecule has 2 rings (SSSR count). The van der Waals surface area contributed by atoms with E-state index in [-0.39, 0.29) is 12.1 Å². The number of halogens is 2. The van der Waals surface area contributed by atoms with E-state index >= 15 is 0 Å². The lowest BCUT2D eigenvalue weighted by atomic mass is 9.96. The van der Waals surface area contributed by atoms with Crippen molar-refractivity contribution in [3.05, 3.63) is 40.4 Å². The molecule has 4 nitrogen and oxygen atoms in total. The van der Waals surface area contributed by atoms with Crippen molar-refractivity contribution in [1.82, 2.24) is 16.2 Å². The number of hydrogen-bond donors (Lipinski definition) is 3. The third kappa shape index (κ3) is 4.83. The van der Waals surface area contributed by atoms with Crippen LogP contribution in [0.2, 0.25) is 10.0 Å². The van der Waals surface area contributed by atoms with Crippen molar-refractivity contribution in [2.45, 2.75) is 38.1 Å². The SMILES string of the molecule is C=C(NNC(=O)NC1CCCCC1)c1ccc(Cl)cc1Cl. The molecule has 21 heavy (non-hydrogen) atoms. The summed E-state index contributed by atoms with van der Waals surface area (Å²) in [6, 6.07) is 5.10. The lowest BCUT2D eigenvalue weighted by molar-refractivity contribution is 0.230. The normalized spacial score (nSPS) is 15.3. The van der Waals surface area contributed by atoms with E-state index < -0.39 is 0 Å². The number of benzene rings is 1. The van der Waals surface area contributed by atoms with Crippen LogP contribution in [0.15, 0.2) is 24.8 Å². The van der Waals surface area contributed by atoms with Gasteiger partial charge in [-0.15, -0.1) is 0 Å². The zero-order valence-corrected chi connectivity index (χ0v) is 13.2. The van der Waals surface area contributed by atoms with Crippen LogP contribution in [0, 0.1) is 0 Å². The third-order valence-corrected chi connectivity index (χ3v) is 4.07. The van der Waals surface area contributed by atoms with Gasteiger partial charge in [0.1, 0.15) is 0 Å². The molecule has 0 radical (unpaired) electrons. The Hall–Kier alpha value is -1.39. The minimum atomic E-state index is -0.256. The summed E-state index contributed by atoms with van der Waals surface area (Å²) in [7, 11) is 0. The van der Waals surface area contributed by atoms with E-state index in [0.717, 1.165) is 12.8 Å². The van der Waals surface area contributed by atoms with Gasteiger partial charge in [-0.3, -0.25) is 10.9 Å². The summed E-state index contributed by atoms with van der Waals surface area (Å²) in [5.41, 5.74) is 6.55. The van der Waals surface area contributed by atoms with Crippen LogP contribution in [-0.2, 0) is 0 Å². The Morgan fingerprint density at radius 2 is 1.86 bits per heavy atom. The predicted octanol–water partition coefficient (Wildman–Crippen LogP) is 4.10. The molecule has 1 aliphatic carbocycles. The van der Waals surface area contributed by atoms with Crippen molar-refractivity contribution < 1.29 is 4.79 Å². The molecule has 0 aliphatic heterocycles. The molecular formula is C15H19Cl2N3O. The monoisotopic (exact) mass is 327 g/mol. The maximum absolute atomic E-state index is 11.8. The largest absolute Gasteiger partial charge is 0.334 e. The molecule has 114 valence electrons. The van der Waals surface area contributed by atoms with E-state index in [1.807, 2.05) is 0 Å². The number of carbonyl (C=O) groups is 1. The Morgan fingerprint density at radius 1 is 1.14 bits per heavy atom. The number of rotatable bonds is 4. The highest BCUT2D eigenvalue weighted by molar-refractivity contribution is 6.35. The van der Waals surface area contributed by atoms with Crippen molar-refractivity contribution in [2.24, 2.45) is 0 Å². The topological polar surface area (TPSA) is 53.2 Å². The van der Waals surface area contributed by atoms with Gasteiger partial charge in [-0.05, 0) is 31.0 Å². The smallest absolute Gasteiger partial charge is 0.333 e. The maximum Gasteiger partial charge on any atom is 0.333 e. The van der Waals surface area contributed by atoms with Crippen LogP contribution in [0.25, 0.3) is 5.70 Å². The summed E-state index contributed by atoms with van der Waals surface area (Å²) in [6.45, 7) is 3.85. The first-order chi connectivity index (χ1) is 10.1. The molecule has 0 aromatic heterocycles. The number of urea groups is 1. The fourth-order valence-corrected chi connectivity index (χ4v) is 2.92. The van der Waals surface area contributed by atoms with Crippen LogP contribution in [-0.4, -0.2) is 12.1 Å². The number of hydrazine groups is 1. The van der Waals surface area contributed by atoms with E-state index in [4.69, 9.17) is 23.2 Å². The molecule has 1 saturated carbocycles. The van der Waals surface area contributed by atoms with Crippen LogP contribution in [0.1, 0.15) is 37.7 Å². The summed E-state index contributed by atoms with van der Waals surface area (Å²) >= 11 is 11.9. The molecule has 0 atom stereocenters. The minimum absolute atomic E-state index is 0.256. The highest BCUT2D eigenvalue weighted by Gasteiger charge is 2.15. The van der Waals surface area contributed by atoms with Gasteiger partial charge >= 0.3 is 6.03 Å². The van der Waals surface area contributed by atoms with Crippen molar-refractivity contribution in [3.63, 3.8) is 0 Å². The lowest BCUT2D eigenvalue weighted by Crippen LogP contribution is -2.47. The first kappa shape index (κ1) is 16.0. The number of amides is 2. The Kier molecular flexibility index (Phi) is 5.76. The zero-order chi connectivity index (χ0) is 15.2. The highest BCUT2D eigenvalue weighted by atomic mass is 35.5. The number of hydrogen-bond acceptors (Lipinski definition) is 2. The molecule has 0 heterocycles. The Bertz CT molecular complexity index is 528. The molecule has 1 aromatic carbocycles. The molecule has 1 fully saturated rings. The van der Waals surface area contributed by atoms with Gasteiger partial charge in [0.25, 0.3) is 0 Å². The van der Waals surface area contributed by atoms with E-state index in [2.05, 4.69) is 22.7 Å². The van der Waals surface area contributed by atoms with Crippen LogP contribution in [0.4, 0.5) is 4.79 Å². The van der Waals surface area contributed by atoms with E-state index in [1.54, 1.807) is 18.2 Å². The molecule has 0 spiro atoms. The van der Waals surface area contributed by atoms with Gasteiger partial charge in [-0.1, -0.05) is 49.0 Å². The Labute approximate surface area is 134 Å². The van der Waals surface area contributed by atoms with Crippen molar-refractivity contribution in [3.8, 4) is 0 Å². The second kappa shape index (κ2) is 7.57. The average molecular weight is 328 g/mol. The summed E-state index contributed by atoms with van der Waals surface area (Å²) in [4.78, 5) is 11.8. The molecule has 1 aliphatic rings. The molecule has 0 unspecified atom stereocenters. The molecule has 6 heteroatoms. The fraction of sp³-hybridized carbons (Fsp3) is 0.400. The Morgan fingerprint density at radius 3 is 2.52 bits per heavy atom. The molecule has 1 aromatic rings. The molecule has 2 amide bonds. The Balaban J connectivity index is 1.81. The van der Waals surface area contributed by atoms with Crippen LogP contribution < -0.4 is 16.2 Å². The average Bonchev–Trinajstić information content (AvgIpc) is 2.46. The van der Waals surface area contributed by atoms with Gasteiger partial charge in [-0.25, -0.2) is 4.79 Å². The molecule has 0 saturated heterocycles. The highest BCUT2D eigenvalue weighted by Crippen LogP contribution is 2.24. The van der Waals surface area contributed by atoms with Gasteiger partial charge in [0.2, 0.25) is 0 Å². The van der Waals surface area contributed by atoms with Gasteiger partial charge in [0, 0.05) is 16.6 Å². The first-order valence-electron chi connectivity index (χ1n) is 7.03. The lowest BCUT2D eigenvalue weighted by Gasteiger charge is -2.23. The summed E-state index contributed by atoms with van der Waals surface area (Å²) in [6.07, 6.45) is 5.68. The van der Waals surface area contributed by atoms with Gasteiger partial charge in [0.15, 0.2) is 0 Å². The predicted molar refractivity (Wildman–Crippen MR) is 87.2 cm³/mol. The van der Waals surface area contributed by atoms with E-state index in [0.29, 0.717) is 21.3 Å². The molecule has 3 N–H and O–H groups in total. The second-order valence-electron chi connectivity index (χ2n) is 5.16. The third-order valence-electron chi connectivity index (χ3n) is 3.52. The number of nitrogens with one attached hydrogen (secondary N) is 3. The summed E-state index contributed by atoms with van der Waals surface area (Å²) in [5.74, 6) is 0. The van der Waals surface area contributed by atoms with Crippen molar-refractivity contribution in [2.75, 3.05) is 0 Å². The zero-order valence-electron chi connectivity index (χ0n) is 11.7. The number of carbonyl (C=O) groups excluding carboxylic acids is 1. The first-order valence-corrected chi connectivity index (χ1v) is 7.78. The van der Waals surface area contributed by atoms with Gasteiger partial charge in [0.05, 0.1) is 10.7 Å². The maximum atomic E-state index is 11.8. The van der Waals surface area contributed by atoms with Crippen LogP contribution >= 0.6 is 23.2 Å². The van der Waals surface area contributed by atoms with Gasteiger partial charge < -0.3 is 5.32 Å². The summed E-state index contributed by atoms with van der Waals surface area (Å²) in [5, 5.41) is 3.98. The minimum Gasteiger partial charge on any atom is -0.334 e. The van der Waals surface area contributed by atoms with E-state index in [1.165, 1.54) is 19.3 Å². The standard InChI is InChI=1S/C15H19Cl2N3O/c1-10(13-8-7-11(16)9-14(13)17)19-20-15(21)18-12-5-3-2-4-6-12/h7-9,12,19H,1-6H2,(H2,18,20,21). The van der Waals surface area contributed by atoms with Crippen molar-refractivity contribution in [1.29, 1.82) is 0 Å². The molecule has 0 bridgehead atoms. The van der Waals surface area contributed by atoms with Crippen LogP contribution in [0.5, 0.6) is 0 Å².